The van der Waals surface area contributed by atoms with Gasteiger partial charge < -0.3 is 9.80 Å². The van der Waals surface area contributed by atoms with Gasteiger partial charge >= 0.3 is 0 Å². The van der Waals surface area contributed by atoms with E-state index in [9.17, 15) is 0 Å². The lowest BCUT2D eigenvalue weighted by Gasteiger charge is -2.32. The number of para-hydroxylation sites is 6. The van der Waals surface area contributed by atoms with Crippen LogP contribution in [0.25, 0.3) is 0 Å². The summed E-state index contributed by atoms with van der Waals surface area (Å²) >= 11 is 7.22. The van der Waals surface area contributed by atoms with Crippen molar-refractivity contribution in [1.29, 1.82) is 0 Å². The zero-order valence-corrected chi connectivity index (χ0v) is 42.4. The lowest BCUT2D eigenvalue weighted by Crippen LogP contribution is -2.18. The second-order valence-electron chi connectivity index (χ2n) is 18.6. The van der Waals surface area contributed by atoms with Crippen LogP contribution in [0.1, 0.15) is 29.0 Å². The minimum Gasteiger partial charge on any atom is -0.310 e. The summed E-state index contributed by atoms with van der Waals surface area (Å²) in [5, 5.41) is 0.691. The van der Waals surface area contributed by atoms with Crippen molar-refractivity contribution in [2.24, 2.45) is 0 Å². The molecule has 0 saturated carbocycles. The van der Waals surface area contributed by atoms with E-state index in [-0.39, 0.29) is 0 Å². The van der Waals surface area contributed by atoms with E-state index in [0.29, 0.717) is 10.9 Å². The van der Waals surface area contributed by atoms with E-state index in [1.807, 2.05) is 0 Å². The van der Waals surface area contributed by atoms with Gasteiger partial charge in [-0.15, -0.1) is 0 Å². The third-order valence-electron chi connectivity index (χ3n) is 13.5. The van der Waals surface area contributed by atoms with Crippen molar-refractivity contribution >= 4 is 80.1 Å². The van der Waals surface area contributed by atoms with Crippen LogP contribution >= 0.6 is 11.6 Å². The molecule has 1 atom stereocenters. The molecule has 0 N–H and O–H groups in total. The Hall–Kier alpha value is -9.16. The first-order valence-corrected chi connectivity index (χ1v) is 26.0. The van der Waals surface area contributed by atoms with E-state index < -0.39 is 0 Å². The number of halogens is 1. The Kier molecular flexibility index (Phi) is 14.9. The third-order valence-corrected chi connectivity index (χ3v) is 13.7. The van der Waals surface area contributed by atoms with Crippen molar-refractivity contribution in [2.45, 2.75) is 25.2 Å². The Bertz CT molecular complexity index is 3350. The van der Waals surface area contributed by atoms with Crippen molar-refractivity contribution in [3.63, 3.8) is 0 Å². The first-order valence-electron chi connectivity index (χ1n) is 25.6. The van der Waals surface area contributed by atoms with Crippen molar-refractivity contribution in [3.8, 4) is 0 Å². The van der Waals surface area contributed by atoms with Gasteiger partial charge in [0.1, 0.15) is 11.6 Å². The maximum absolute atomic E-state index is 7.22. The molecule has 75 heavy (non-hydrogen) atoms. The molecule has 0 radical (unpaired) electrons. The van der Waals surface area contributed by atoms with Gasteiger partial charge in [0, 0.05) is 68.3 Å². The highest BCUT2D eigenvalue weighted by Crippen LogP contribution is 2.46. The van der Waals surface area contributed by atoms with Gasteiger partial charge in [0.2, 0.25) is 0 Å². The molecule has 364 valence electrons. The molecule has 0 spiro atoms. The van der Waals surface area contributed by atoms with Crippen LogP contribution in [0, 0.1) is 0 Å². The van der Waals surface area contributed by atoms with Crippen LogP contribution < -0.4 is 19.6 Å². The Balaban J connectivity index is 1.07. The molecule has 0 fully saturated rings. The number of benzene rings is 10. The zero-order chi connectivity index (χ0) is 50.6. The van der Waals surface area contributed by atoms with Crippen molar-refractivity contribution < 1.29 is 0 Å². The number of aryl methyl sites for hydroxylation is 1. The van der Waals surface area contributed by atoms with E-state index >= 15 is 0 Å². The molecular weight excluding hydrogens is 934 g/mol. The summed E-state index contributed by atoms with van der Waals surface area (Å²) in [7, 11) is 0. The van der Waals surface area contributed by atoms with Gasteiger partial charge in [-0.2, -0.15) is 0 Å². The van der Waals surface area contributed by atoms with Gasteiger partial charge in [-0.05, 0) is 151 Å². The van der Waals surface area contributed by atoms with E-state index in [1.54, 1.807) is 0 Å². The Labute approximate surface area is 446 Å². The quantitative estimate of drug-likeness (QED) is 0.0853. The molecule has 0 saturated heterocycles. The predicted octanol–water partition coefficient (Wildman–Crippen LogP) is 19.6. The van der Waals surface area contributed by atoms with Crippen LogP contribution in [-0.2, 0) is 12.8 Å². The summed E-state index contributed by atoms with van der Waals surface area (Å²) in [4.78, 5) is 14.8. The molecule has 1 unspecified atom stereocenters. The SMILES string of the molecule is Clc1cc(CC(CCc2ccccc2)c2ccccc2)cc(N(c2ccccc2)c2cccc(N(c3ccccc3)c3cc(N(c4ccccc4)c4ccccc4)cc(N(c4ccccc4)c4ccccc4)n3)c2)c1. The number of aromatic nitrogens is 1. The van der Waals surface area contributed by atoms with Crippen LogP contribution in [0.4, 0.5) is 68.5 Å². The first kappa shape index (κ1) is 48.1. The minimum absolute atomic E-state index is 0.290. The fraction of sp³-hybridized carbons (Fsp3) is 0.0580. The van der Waals surface area contributed by atoms with Crippen molar-refractivity contribution in [3.05, 3.63) is 319 Å². The highest BCUT2D eigenvalue weighted by atomic mass is 35.5. The summed E-state index contributed by atoms with van der Waals surface area (Å²) in [5.41, 5.74) is 13.7. The van der Waals surface area contributed by atoms with Crippen molar-refractivity contribution in [1.82, 2.24) is 4.98 Å². The van der Waals surface area contributed by atoms with Gasteiger partial charge in [0.05, 0.1) is 5.69 Å². The van der Waals surface area contributed by atoms with Crippen molar-refractivity contribution in [2.75, 3.05) is 19.6 Å². The maximum Gasteiger partial charge on any atom is 0.142 e. The minimum atomic E-state index is 0.290. The fourth-order valence-corrected chi connectivity index (χ4v) is 10.3. The fourth-order valence-electron chi connectivity index (χ4n) is 10.1. The molecule has 1 aromatic heterocycles. The number of hydrogen-bond donors (Lipinski definition) is 0. The lowest BCUT2D eigenvalue weighted by molar-refractivity contribution is 0.621. The van der Waals surface area contributed by atoms with Gasteiger partial charge in [-0.25, -0.2) is 4.98 Å². The van der Waals surface area contributed by atoms with E-state index in [2.05, 4.69) is 317 Å². The third kappa shape index (κ3) is 11.4. The molecule has 0 aliphatic heterocycles. The predicted molar refractivity (Wildman–Crippen MR) is 316 cm³/mol. The molecular formula is C69H56ClN5. The number of nitrogens with zero attached hydrogens (tertiary/aromatic N) is 5. The monoisotopic (exact) mass is 989 g/mol. The summed E-state index contributed by atoms with van der Waals surface area (Å²) in [6.45, 7) is 0. The molecule has 11 aromatic rings. The standard InChI is InChI=1S/C69H56ClN5/c70-57-47-54(46-56(55-28-11-2-12-29-55)45-44-53-26-9-1-10-27-53)48-66(49-57)73(60-34-17-5-18-35-60)64-42-25-43-65(50-64)75(63-40-23-8-24-41-63)69-52-67(72(58-30-13-3-14-31-58)59-32-15-4-16-33-59)51-68(71-69)74(61-36-19-6-20-37-61)62-38-21-7-22-39-62/h1-43,47-52,56H,44-46H2. The van der Waals surface area contributed by atoms with Gasteiger partial charge in [0.25, 0.3) is 0 Å². The number of rotatable bonds is 18. The van der Waals surface area contributed by atoms with Gasteiger partial charge in [-0.1, -0.05) is 188 Å². The van der Waals surface area contributed by atoms with E-state index in [4.69, 9.17) is 16.6 Å². The summed E-state index contributed by atoms with van der Waals surface area (Å²) in [6, 6.07) is 105. The second-order valence-corrected chi connectivity index (χ2v) is 19.0. The highest BCUT2D eigenvalue weighted by molar-refractivity contribution is 6.31. The molecule has 5 nitrogen and oxygen atoms in total. The number of anilines is 12. The summed E-state index contributed by atoms with van der Waals surface area (Å²) in [6.07, 6.45) is 2.84. The molecule has 11 rings (SSSR count). The second kappa shape index (κ2) is 23.2. The first-order chi connectivity index (χ1) is 37.1. The Morgan fingerprint density at radius 1 is 0.293 bits per heavy atom. The number of hydrogen-bond acceptors (Lipinski definition) is 5. The summed E-state index contributed by atoms with van der Waals surface area (Å²) < 4.78 is 0. The molecule has 6 heteroatoms. The molecule has 0 aliphatic rings. The van der Waals surface area contributed by atoms with Crippen LogP contribution in [0.15, 0.2) is 297 Å². The average Bonchev–Trinajstić information content (AvgIpc) is 3.47. The number of pyridine rings is 1. The molecule has 0 bridgehead atoms. The van der Waals surface area contributed by atoms with Gasteiger partial charge in [0.15, 0.2) is 0 Å². The van der Waals surface area contributed by atoms with Crippen LogP contribution in [0.3, 0.4) is 0 Å². The molecule has 10 aromatic carbocycles. The highest BCUT2D eigenvalue weighted by Gasteiger charge is 2.25. The zero-order valence-electron chi connectivity index (χ0n) is 41.6. The smallest absolute Gasteiger partial charge is 0.142 e. The van der Waals surface area contributed by atoms with Crippen LogP contribution in [0.2, 0.25) is 5.02 Å². The Morgan fingerprint density at radius 2 is 0.640 bits per heavy atom. The molecule has 1 heterocycles. The van der Waals surface area contributed by atoms with Crippen LogP contribution in [-0.4, -0.2) is 4.98 Å². The summed E-state index contributed by atoms with van der Waals surface area (Å²) in [5.74, 6) is 1.78. The topological polar surface area (TPSA) is 25.9 Å². The van der Waals surface area contributed by atoms with E-state index in [0.717, 1.165) is 87.8 Å². The largest absolute Gasteiger partial charge is 0.310 e. The molecule has 0 aliphatic carbocycles. The normalized spacial score (nSPS) is 11.4. The van der Waals surface area contributed by atoms with Gasteiger partial charge in [-0.3, -0.25) is 9.80 Å². The molecule has 0 amide bonds. The Morgan fingerprint density at radius 3 is 1.09 bits per heavy atom. The lowest BCUT2D eigenvalue weighted by atomic mass is 9.87. The maximum atomic E-state index is 7.22. The average molecular weight is 991 g/mol. The van der Waals surface area contributed by atoms with E-state index in [1.165, 1.54) is 16.7 Å². The van der Waals surface area contributed by atoms with Crippen LogP contribution in [0.5, 0.6) is 0 Å².